The maximum atomic E-state index is 14.7. The zero-order chi connectivity index (χ0) is 22.9. The fraction of sp³-hybridized carbons (Fsp3) is 0.462. The lowest BCUT2D eigenvalue weighted by Crippen LogP contribution is -2.47. The molecule has 1 N–H and O–H groups in total. The second-order valence-electron chi connectivity index (χ2n) is 9.44. The van der Waals surface area contributed by atoms with Gasteiger partial charge in [0.2, 0.25) is 0 Å². The first-order chi connectivity index (χ1) is 16.0. The van der Waals surface area contributed by atoms with Gasteiger partial charge in [-0.05, 0) is 73.6 Å². The number of benzene rings is 2. The summed E-state index contributed by atoms with van der Waals surface area (Å²) in [6.45, 7) is 0.564. The molecule has 3 aliphatic rings. The number of carbonyl (C=O) groups excluding carboxylic acids is 1. The summed E-state index contributed by atoms with van der Waals surface area (Å²) in [5.74, 6) is -1.59. The molecule has 2 atom stereocenters. The summed E-state index contributed by atoms with van der Waals surface area (Å²) in [6, 6.07) is 12.9. The summed E-state index contributed by atoms with van der Waals surface area (Å²) >= 11 is 0. The first kappa shape index (κ1) is 21.7. The van der Waals surface area contributed by atoms with Crippen LogP contribution in [0.2, 0.25) is 0 Å². The number of aromatic carboxylic acids is 1. The number of piperidine rings is 1. The van der Waals surface area contributed by atoms with E-state index in [0.717, 1.165) is 49.7 Å². The molecular weight excluding hydrogens is 425 g/mol. The molecule has 6 nitrogen and oxygen atoms in total. The van der Waals surface area contributed by atoms with Crippen LogP contribution in [0.15, 0.2) is 42.5 Å². The minimum atomic E-state index is -1.28. The molecule has 174 valence electrons. The summed E-state index contributed by atoms with van der Waals surface area (Å²) < 4.78 is 26.1. The van der Waals surface area contributed by atoms with Crippen molar-refractivity contribution in [3.8, 4) is 5.75 Å². The maximum absolute atomic E-state index is 14.7. The van der Waals surface area contributed by atoms with Crippen molar-refractivity contribution < 1.29 is 28.6 Å². The van der Waals surface area contributed by atoms with E-state index in [4.69, 9.17) is 9.47 Å². The van der Waals surface area contributed by atoms with Gasteiger partial charge in [0.15, 0.2) is 11.6 Å². The van der Waals surface area contributed by atoms with Gasteiger partial charge in [0.25, 0.3) is 0 Å². The van der Waals surface area contributed by atoms with Crippen molar-refractivity contribution in [3.63, 3.8) is 0 Å². The largest absolute Gasteiger partial charge is 0.490 e. The summed E-state index contributed by atoms with van der Waals surface area (Å²) in [5, 5.41) is 9.36. The Morgan fingerprint density at radius 1 is 1.03 bits per heavy atom. The lowest BCUT2D eigenvalue weighted by molar-refractivity contribution is 0.0447. The molecule has 0 spiro atoms. The number of carbonyl (C=O) groups is 2. The van der Waals surface area contributed by atoms with Crippen molar-refractivity contribution in [2.24, 2.45) is 5.92 Å². The number of amides is 1. The van der Waals surface area contributed by atoms with Crippen LogP contribution < -0.4 is 4.74 Å². The number of hydrogen-bond donors (Lipinski definition) is 1. The molecular formula is C26H28FNO5. The van der Waals surface area contributed by atoms with E-state index >= 15 is 0 Å². The molecule has 2 heterocycles. The van der Waals surface area contributed by atoms with Gasteiger partial charge in [-0.3, -0.25) is 0 Å². The van der Waals surface area contributed by atoms with Crippen LogP contribution in [0.5, 0.6) is 5.75 Å². The number of carboxylic acid groups (broad SMARTS) is 1. The van der Waals surface area contributed by atoms with Crippen molar-refractivity contribution in [2.75, 3.05) is 6.61 Å². The average molecular weight is 454 g/mol. The van der Waals surface area contributed by atoms with Gasteiger partial charge >= 0.3 is 12.1 Å². The Bertz CT molecular complexity index is 1020. The van der Waals surface area contributed by atoms with Gasteiger partial charge in [-0.15, -0.1) is 0 Å². The average Bonchev–Trinajstić information content (AvgIpc) is 3.62. The SMILES string of the molecule is O=C(O)c1cc(C2CC2)cc(OCC2CC3CCC(C2)N3C(=O)OCc2ccccc2)c1F. The van der Waals surface area contributed by atoms with E-state index in [1.165, 1.54) is 6.07 Å². The lowest BCUT2D eigenvalue weighted by Gasteiger charge is -2.38. The molecule has 2 bridgehead atoms. The van der Waals surface area contributed by atoms with Crippen LogP contribution in [0, 0.1) is 11.7 Å². The van der Waals surface area contributed by atoms with Crippen LogP contribution in [0.3, 0.4) is 0 Å². The van der Waals surface area contributed by atoms with Gasteiger partial charge in [0.1, 0.15) is 6.61 Å². The minimum Gasteiger partial charge on any atom is -0.490 e. The van der Waals surface area contributed by atoms with Crippen LogP contribution in [0.4, 0.5) is 9.18 Å². The van der Waals surface area contributed by atoms with Gasteiger partial charge in [-0.25, -0.2) is 14.0 Å². The standard InChI is InChI=1S/C26H28FNO5/c27-24-22(25(29)30)12-19(18-6-7-18)13-23(24)32-15-17-10-20-8-9-21(11-17)28(20)26(31)33-14-16-4-2-1-3-5-16/h1-5,12-13,17-18,20-21H,6-11,14-15H2,(H,29,30). The van der Waals surface area contributed by atoms with Crippen molar-refractivity contribution >= 4 is 12.1 Å². The normalized spacial score (nSPS) is 23.9. The molecule has 2 unspecified atom stereocenters. The predicted molar refractivity (Wildman–Crippen MR) is 119 cm³/mol. The van der Waals surface area contributed by atoms with Gasteiger partial charge in [0, 0.05) is 12.1 Å². The summed E-state index contributed by atoms with van der Waals surface area (Å²) in [5.41, 5.74) is 1.46. The third-order valence-corrected chi connectivity index (χ3v) is 7.06. The second-order valence-corrected chi connectivity index (χ2v) is 9.44. The topological polar surface area (TPSA) is 76.1 Å². The van der Waals surface area contributed by atoms with Crippen LogP contribution >= 0.6 is 0 Å². The fourth-order valence-corrected chi connectivity index (χ4v) is 5.26. The lowest BCUT2D eigenvalue weighted by atomic mass is 9.91. The molecule has 2 aromatic carbocycles. The number of nitrogens with zero attached hydrogens (tertiary/aromatic N) is 1. The first-order valence-corrected chi connectivity index (χ1v) is 11.7. The second kappa shape index (κ2) is 9.04. The Hall–Kier alpha value is -3.09. The Morgan fingerprint density at radius 2 is 1.73 bits per heavy atom. The molecule has 2 saturated heterocycles. The molecule has 2 aliphatic heterocycles. The number of ether oxygens (including phenoxy) is 2. The highest BCUT2D eigenvalue weighted by Gasteiger charge is 2.44. The zero-order valence-electron chi connectivity index (χ0n) is 18.4. The quantitative estimate of drug-likeness (QED) is 0.611. The van der Waals surface area contributed by atoms with Crippen molar-refractivity contribution in [1.82, 2.24) is 4.90 Å². The maximum Gasteiger partial charge on any atom is 0.410 e. The molecule has 3 fully saturated rings. The summed E-state index contributed by atoms with van der Waals surface area (Å²) in [6.07, 6.45) is 5.10. The van der Waals surface area contributed by atoms with E-state index in [1.807, 2.05) is 35.2 Å². The molecule has 2 aromatic rings. The monoisotopic (exact) mass is 453 g/mol. The minimum absolute atomic E-state index is 0.0221. The third kappa shape index (κ3) is 4.68. The molecule has 33 heavy (non-hydrogen) atoms. The Balaban J connectivity index is 1.20. The molecule has 1 saturated carbocycles. The van der Waals surface area contributed by atoms with Gasteiger partial charge < -0.3 is 19.5 Å². The van der Waals surface area contributed by atoms with Gasteiger partial charge in [-0.2, -0.15) is 0 Å². The van der Waals surface area contributed by atoms with Gasteiger partial charge in [-0.1, -0.05) is 30.3 Å². The van der Waals surface area contributed by atoms with E-state index < -0.39 is 11.8 Å². The highest BCUT2D eigenvalue weighted by atomic mass is 19.1. The molecule has 7 heteroatoms. The molecule has 1 aliphatic carbocycles. The van der Waals surface area contributed by atoms with E-state index in [2.05, 4.69) is 0 Å². The Morgan fingerprint density at radius 3 is 2.36 bits per heavy atom. The van der Waals surface area contributed by atoms with E-state index in [9.17, 15) is 19.1 Å². The Labute approximate surface area is 192 Å². The van der Waals surface area contributed by atoms with Crippen molar-refractivity contribution in [3.05, 3.63) is 65.0 Å². The molecule has 1 amide bonds. The Kier molecular flexibility index (Phi) is 5.96. The van der Waals surface area contributed by atoms with Crippen molar-refractivity contribution in [1.29, 1.82) is 0 Å². The third-order valence-electron chi connectivity index (χ3n) is 7.06. The predicted octanol–water partition coefficient (Wildman–Crippen LogP) is 5.36. The molecule has 0 aromatic heterocycles. The zero-order valence-corrected chi connectivity index (χ0v) is 18.4. The van der Waals surface area contributed by atoms with E-state index in [1.54, 1.807) is 6.07 Å². The summed E-state index contributed by atoms with van der Waals surface area (Å²) in [7, 11) is 0. The highest BCUT2D eigenvalue weighted by Crippen LogP contribution is 2.43. The van der Waals surface area contributed by atoms with Crippen LogP contribution in [0.25, 0.3) is 0 Å². The first-order valence-electron chi connectivity index (χ1n) is 11.7. The van der Waals surface area contributed by atoms with Crippen molar-refractivity contribution in [2.45, 2.75) is 63.1 Å². The van der Waals surface area contributed by atoms with Gasteiger partial charge in [0.05, 0.1) is 12.2 Å². The number of hydrogen-bond acceptors (Lipinski definition) is 4. The van der Waals surface area contributed by atoms with Crippen LogP contribution in [0.1, 0.15) is 65.9 Å². The highest BCUT2D eigenvalue weighted by molar-refractivity contribution is 5.89. The number of fused-ring (bicyclic) bond motifs is 2. The molecule has 5 rings (SSSR count). The van der Waals surface area contributed by atoms with E-state index in [-0.39, 0.29) is 42.0 Å². The van der Waals surface area contributed by atoms with E-state index in [0.29, 0.717) is 12.5 Å². The number of rotatable bonds is 7. The van der Waals surface area contributed by atoms with Crippen LogP contribution in [-0.2, 0) is 11.3 Å². The van der Waals surface area contributed by atoms with Crippen LogP contribution in [-0.4, -0.2) is 40.8 Å². The fourth-order valence-electron chi connectivity index (χ4n) is 5.26. The number of carboxylic acids is 1. The molecule has 0 radical (unpaired) electrons. The summed E-state index contributed by atoms with van der Waals surface area (Å²) in [4.78, 5) is 26.1. The smallest absolute Gasteiger partial charge is 0.410 e. The number of halogens is 1.